The molecule has 0 unspecified atom stereocenters. The summed E-state index contributed by atoms with van der Waals surface area (Å²) < 4.78 is 22.3. The number of hydrogen-bond acceptors (Lipinski definition) is 3. The molecule has 2 rings (SSSR count). The van der Waals surface area contributed by atoms with Crippen molar-refractivity contribution in [3.8, 4) is 0 Å². The Kier molecular flexibility index (Phi) is 6.05. The van der Waals surface area contributed by atoms with Crippen molar-refractivity contribution in [2.75, 3.05) is 18.8 Å². The summed E-state index contributed by atoms with van der Waals surface area (Å²) in [4.78, 5) is 14.1. The van der Waals surface area contributed by atoms with Crippen molar-refractivity contribution < 1.29 is 13.2 Å². The van der Waals surface area contributed by atoms with E-state index in [9.17, 15) is 13.2 Å². The number of rotatable bonds is 6. The third kappa shape index (κ3) is 5.94. The first-order chi connectivity index (χ1) is 9.94. The van der Waals surface area contributed by atoms with Crippen molar-refractivity contribution in [1.29, 1.82) is 0 Å². The molecule has 0 aromatic carbocycles. The summed E-state index contributed by atoms with van der Waals surface area (Å²) >= 11 is 0. The fraction of sp³-hybridized carbons (Fsp3) is 0.933. The molecule has 0 aromatic heterocycles. The summed E-state index contributed by atoms with van der Waals surface area (Å²) in [5.41, 5.74) is 0. The second kappa shape index (κ2) is 7.58. The van der Waals surface area contributed by atoms with E-state index in [1.165, 1.54) is 32.1 Å². The average Bonchev–Trinajstić information content (AvgIpc) is 2.90. The van der Waals surface area contributed by atoms with Crippen LogP contribution in [0.5, 0.6) is 0 Å². The molecule has 1 saturated heterocycles. The Morgan fingerprint density at radius 2 is 1.76 bits per heavy atom. The van der Waals surface area contributed by atoms with Gasteiger partial charge >= 0.3 is 0 Å². The quantitative estimate of drug-likeness (QED) is 0.812. The number of amides is 1. The van der Waals surface area contributed by atoms with Crippen LogP contribution in [0, 0.1) is 11.8 Å². The zero-order valence-corrected chi connectivity index (χ0v) is 13.6. The fourth-order valence-corrected chi connectivity index (χ4v) is 4.68. The first-order valence-electron chi connectivity index (χ1n) is 8.22. The zero-order chi connectivity index (χ0) is 15.3. The summed E-state index contributed by atoms with van der Waals surface area (Å²) in [6.07, 6.45) is 9.83. The fourth-order valence-electron chi connectivity index (χ4n) is 3.76. The molecule has 1 aliphatic carbocycles. The van der Waals surface area contributed by atoms with Crippen LogP contribution >= 0.6 is 0 Å². The van der Waals surface area contributed by atoms with Crippen molar-refractivity contribution in [3.63, 3.8) is 0 Å². The molecule has 1 atom stereocenters. The molecule has 0 bridgehead atoms. The van der Waals surface area contributed by atoms with Gasteiger partial charge in [0.05, 0.1) is 5.75 Å². The average molecular weight is 316 g/mol. The van der Waals surface area contributed by atoms with Crippen LogP contribution < -0.4 is 5.14 Å². The number of carbonyl (C=O) groups excluding carboxylic acids is 1. The van der Waals surface area contributed by atoms with E-state index < -0.39 is 10.0 Å². The lowest BCUT2D eigenvalue weighted by atomic mass is 9.98. The van der Waals surface area contributed by atoms with E-state index in [4.69, 9.17) is 5.14 Å². The summed E-state index contributed by atoms with van der Waals surface area (Å²) in [6.45, 7) is 1.32. The van der Waals surface area contributed by atoms with Crippen LogP contribution in [0.3, 0.4) is 0 Å². The Morgan fingerprint density at radius 3 is 2.43 bits per heavy atom. The maximum absolute atomic E-state index is 12.2. The topological polar surface area (TPSA) is 80.5 Å². The Morgan fingerprint density at radius 1 is 1.10 bits per heavy atom. The summed E-state index contributed by atoms with van der Waals surface area (Å²) in [5, 5.41) is 5.11. The van der Waals surface area contributed by atoms with Gasteiger partial charge < -0.3 is 4.90 Å². The van der Waals surface area contributed by atoms with Crippen molar-refractivity contribution in [1.82, 2.24) is 4.90 Å². The van der Waals surface area contributed by atoms with Crippen LogP contribution in [0.15, 0.2) is 0 Å². The Balaban J connectivity index is 1.71. The van der Waals surface area contributed by atoms with Gasteiger partial charge in [0.15, 0.2) is 0 Å². The molecule has 2 fully saturated rings. The number of nitrogens with two attached hydrogens (primary N) is 1. The lowest BCUT2D eigenvalue weighted by molar-refractivity contribution is -0.133. The number of primary sulfonamides is 1. The summed E-state index contributed by atoms with van der Waals surface area (Å²) in [6, 6.07) is 0. The SMILES string of the molecule is NS(=O)(=O)C[C@@H]1CCCN(C(=O)CCCC2CCCC2)C1. The monoisotopic (exact) mass is 316 g/mol. The molecule has 21 heavy (non-hydrogen) atoms. The van der Waals surface area contributed by atoms with E-state index in [-0.39, 0.29) is 17.6 Å². The van der Waals surface area contributed by atoms with Gasteiger partial charge in [-0.15, -0.1) is 0 Å². The van der Waals surface area contributed by atoms with E-state index in [1.807, 2.05) is 4.90 Å². The normalized spacial score (nSPS) is 24.4. The largest absolute Gasteiger partial charge is 0.342 e. The minimum absolute atomic E-state index is 0.00114. The highest BCUT2D eigenvalue weighted by molar-refractivity contribution is 7.89. The molecule has 1 saturated carbocycles. The van der Waals surface area contributed by atoms with Gasteiger partial charge in [-0.1, -0.05) is 25.7 Å². The van der Waals surface area contributed by atoms with Gasteiger partial charge in [0.2, 0.25) is 15.9 Å². The molecule has 0 aromatic rings. The third-order valence-electron chi connectivity index (χ3n) is 4.82. The molecule has 1 amide bonds. The minimum Gasteiger partial charge on any atom is -0.342 e. The Labute approximate surface area is 128 Å². The summed E-state index contributed by atoms with van der Waals surface area (Å²) in [7, 11) is -3.44. The molecule has 6 heteroatoms. The van der Waals surface area contributed by atoms with Gasteiger partial charge in [-0.2, -0.15) is 0 Å². The van der Waals surface area contributed by atoms with Crippen LogP contribution in [-0.4, -0.2) is 38.1 Å². The number of nitrogens with zero attached hydrogens (tertiary/aromatic N) is 1. The first kappa shape index (κ1) is 16.7. The second-order valence-electron chi connectivity index (χ2n) is 6.72. The highest BCUT2D eigenvalue weighted by Gasteiger charge is 2.26. The van der Waals surface area contributed by atoms with E-state index in [2.05, 4.69) is 0 Å². The van der Waals surface area contributed by atoms with Gasteiger partial charge in [0.1, 0.15) is 0 Å². The summed E-state index contributed by atoms with van der Waals surface area (Å²) in [5.74, 6) is 1.02. The number of likely N-dealkylation sites (tertiary alicyclic amines) is 1. The molecule has 5 nitrogen and oxygen atoms in total. The molecule has 0 radical (unpaired) electrons. The number of piperidine rings is 1. The van der Waals surface area contributed by atoms with Crippen molar-refractivity contribution in [2.24, 2.45) is 17.0 Å². The lowest BCUT2D eigenvalue weighted by Crippen LogP contribution is -2.42. The van der Waals surface area contributed by atoms with E-state index in [0.717, 1.165) is 31.7 Å². The van der Waals surface area contributed by atoms with E-state index in [1.54, 1.807) is 0 Å². The maximum atomic E-state index is 12.2. The van der Waals surface area contributed by atoms with Crippen LogP contribution in [-0.2, 0) is 14.8 Å². The van der Waals surface area contributed by atoms with E-state index >= 15 is 0 Å². The van der Waals surface area contributed by atoms with Crippen molar-refractivity contribution in [3.05, 3.63) is 0 Å². The Hall–Kier alpha value is -0.620. The molecule has 1 aliphatic heterocycles. The van der Waals surface area contributed by atoms with Crippen LogP contribution in [0.4, 0.5) is 0 Å². The molecular formula is C15H28N2O3S. The zero-order valence-electron chi connectivity index (χ0n) is 12.8. The van der Waals surface area contributed by atoms with Gasteiger partial charge in [0, 0.05) is 19.5 Å². The molecule has 1 heterocycles. The van der Waals surface area contributed by atoms with Crippen molar-refractivity contribution in [2.45, 2.75) is 57.8 Å². The maximum Gasteiger partial charge on any atom is 0.222 e. The molecule has 122 valence electrons. The van der Waals surface area contributed by atoms with Gasteiger partial charge in [-0.3, -0.25) is 4.79 Å². The predicted octanol–water partition coefficient (Wildman–Crippen LogP) is 1.87. The highest BCUT2D eigenvalue weighted by Crippen LogP contribution is 2.29. The van der Waals surface area contributed by atoms with Gasteiger partial charge in [-0.05, 0) is 37.5 Å². The predicted molar refractivity (Wildman–Crippen MR) is 83.1 cm³/mol. The number of sulfonamides is 1. The van der Waals surface area contributed by atoms with Crippen molar-refractivity contribution >= 4 is 15.9 Å². The highest BCUT2D eigenvalue weighted by atomic mass is 32.2. The second-order valence-corrected chi connectivity index (χ2v) is 8.38. The van der Waals surface area contributed by atoms with Crippen LogP contribution in [0.25, 0.3) is 0 Å². The molecule has 0 spiro atoms. The molecule has 2 aliphatic rings. The molecular weight excluding hydrogens is 288 g/mol. The smallest absolute Gasteiger partial charge is 0.222 e. The number of hydrogen-bond donors (Lipinski definition) is 1. The van der Waals surface area contributed by atoms with E-state index in [0.29, 0.717) is 13.0 Å². The minimum atomic E-state index is -3.44. The van der Waals surface area contributed by atoms with Crippen LogP contribution in [0.1, 0.15) is 57.8 Å². The standard InChI is InChI=1S/C15H28N2O3S/c16-21(19,20)12-14-8-4-10-17(11-14)15(18)9-3-7-13-5-1-2-6-13/h13-14H,1-12H2,(H2,16,19,20)/t14-/m1/s1. The van der Waals surface area contributed by atoms with Gasteiger partial charge in [-0.25, -0.2) is 13.6 Å². The van der Waals surface area contributed by atoms with Gasteiger partial charge in [0.25, 0.3) is 0 Å². The Bertz CT molecular complexity index is 444. The van der Waals surface area contributed by atoms with Crippen LogP contribution in [0.2, 0.25) is 0 Å². The number of carbonyl (C=O) groups is 1. The first-order valence-corrected chi connectivity index (χ1v) is 9.94. The molecule has 2 N–H and O–H groups in total. The third-order valence-corrected chi connectivity index (χ3v) is 5.75. The lowest BCUT2D eigenvalue weighted by Gasteiger charge is -2.32.